The Hall–Kier alpha value is -2.16. The molecule has 2 aromatic carbocycles. The minimum atomic E-state index is -3.76. The number of nitrogens with zero attached hydrogens (tertiary/aromatic N) is 2. The van der Waals surface area contributed by atoms with Crippen LogP contribution in [0.3, 0.4) is 0 Å². The predicted molar refractivity (Wildman–Crippen MR) is 109 cm³/mol. The van der Waals surface area contributed by atoms with Gasteiger partial charge in [-0.2, -0.15) is 17.6 Å². The van der Waals surface area contributed by atoms with Gasteiger partial charge < -0.3 is 9.31 Å². The molecule has 1 aliphatic heterocycles. The fourth-order valence-corrected chi connectivity index (χ4v) is 4.43. The quantitative estimate of drug-likeness (QED) is 0.635. The molecule has 3 aromatic rings. The van der Waals surface area contributed by atoms with Crippen LogP contribution in [0.2, 0.25) is 0 Å². The van der Waals surface area contributed by atoms with Crippen LogP contribution in [-0.4, -0.2) is 35.9 Å². The van der Waals surface area contributed by atoms with Crippen molar-refractivity contribution in [2.75, 3.05) is 0 Å². The molecule has 0 saturated carbocycles. The van der Waals surface area contributed by atoms with Crippen molar-refractivity contribution in [1.29, 1.82) is 0 Å². The molecule has 8 heteroatoms. The van der Waals surface area contributed by atoms with Gasteiger partial charge in [-0.05, 0) is 58.3 Å². The van der Waals surface area contributed by atoms with Gasteiger partial charge in [-0.1, -0.05) is 29.8 Å². The van der Waals surface area contributed by atoms with Crippen molar-refractivity contribution in [3.8, 4) is 0 Å². The molecule has 1 fully saturated rings. The molecule has 0 aliphatic carbocycles. The third kappa shape index (κ3) is 2.96. The molecule has 6 nitrogen and oxygen atoms in total. The molecule has 146 valence electrons. The van der Waals surface area contributed by atoms with E-state index in [-0.39, 0.29) is 4.90 Å². The van der Waals surface area contributed by atoms with E-state index < -0.39 is 28.3 Å². The Morgan fingerprint density at radius 2 is 1.57 bits per heavy atom. The first kappa shape index (κ1) is 19.2. The maximum absolute atomic E-state index is 13.0. The minimum absolute atomic E-state index is 0.207. The molecule has 0 spiro atoms. The lowest BCUT2D eigenvalue weighted by molar-refractivity contribution is 0.00578. The molecular weight excluding hydrogens is 375 g/mol. The predicted octanol–water partition coefficient (Wildman–Crippen LogP) is 2.88. The molecule has 1 aromatic heterocycles. The van der Waals surface area contributed by atoms with Crippen molar-refractivity contribution >= 4 is 33.5 Å². The van der Waals surface area contributed by atoms with Crippen molar-refractivity contribution in [3.05, 3.63) is 54.2 Å². The monoisotopic (exact) mass is 398 g/mol. The summed E-state index contributed by atoms with van der Waals surface area (Å²) in [5.41, 5.74) is 1.47. The van der Waals surface area contributed by atoms with Gasteiger partial charge >= 0.3 is 7.12 Å². The van der Waals surface area contributed by atoms with Gasteiger partial charge in [-0.3, -0.25) is 0 Å². The van der Waals surface area contributed by atoms with Crippen molar-refractivity contribution in [1.82, 2.24) is 9.19 Å². The van der Waals surface area contributed by atoms with E-state index in [0.29, 0.717) is 10.9 Å². The van der Waals surface area contributed by atoms with Gasteiger partial charge in [-0.15, -0.1) is 0 Å². The summed E-state index contributed by atoms with van der Waals surface area (Å²) in [4.78, 5) is 0.207. The zero-order valence-corrected chi connectivity index (χ0v) is 17.4. The van der Waals surface area contributed by atoms with E-state index in [1.54, 1.807) is 36.5 Å². The minimum Gasteiger partial charge on any atom is -0.399 e. The summed E-state index contributed by atoms with van der Waals surface area (Å²) >= 11 is 0. The van der Waals surface area contributed by atoms with E-state index in [9.17, 15) is 8.42 Å². The fraction of sp³-hybridized carbons (Fsp3) is 0.350. The molecule has 2 heterocycles. The van der Waals surface area contributed by atoms with E-state index in [4.69, 9.17) is 9.31 Å². The number of hydrogen-bond donors (Lipinski definition) is 0. The number of fused-ring (bicyclic) bond motifs is 1. The van der Waals surface area contributed by atoms with Gasteiger partial charge in [0, 0.05) is 5.39 Å². The summed E-state index contributed by atoms with van der Waals surface area (Å²) in [5.74, 6) is 0. The lowest BCUT2D eigenvalue weighted by atomic mass is 9.79. The van der Waals surface area contributed by atoms with Crippen molar-refractivity contribution in [3.63, 3.8) is 0 Å². The second kappa shape index (κ2) is 6.17. The lowest BCUT2D eigenvalue weighted by Crippen LogP contribution is -2.41. The van der Waals surface area contributed by atoms with E-state index in [0.717, 1.165) is 15.1 Å². The van der Waals surface area contributed by atoms with Crippen LogP contribution in [0.5, 0.6) is 0 Å². The highest BCUT2D eigenvalue weighted by Gasteiger charge is 2.51. The smallest absolute Gasteiger partial charge is 0.399 e. The number of hydrogen-bond acceptors (Lipinski definition) is 5. The third-order valence-corrected chi connectivity index (χ3v) is 7.25. The summed E-state index contributed by atoms with van der Waals surface area (Å²) < 4.78 is 39.2. The Balaban J connectivity index is 1.72. The SMILES string of the molecule is Cc1ccc(S(=O)(=O)n2ncc3cc(B4OC(C)(C)C(C)(C)O4)ccc32)cc1. The number of rotatable bonds is 3. The van der Waals surface area contributed by atoms with Crippen LogP contribution in [0.1, 0.15) is 33.3 Å². The molecule has 0 radical (unpaired) electrons. The summed E-state index contributed by atoms with van der Waals surface area (Å²) in [6.45, 7) is 9.90. The molecule has 0 bridgehead atoms. The Morgan fingerprint density at radius 3 is 2.18 bits per heavy atom. The molecule has 0 N–H and O–H groups in total. The van der Waals surface area contributed by atoms with Crippen LogP contribution in [0.4, 0.5) is 0 Å². The molecule has 1 saturated heterocycles. The van der Waals surface area contributed by atoms with Crippen LogP contribution >= 0.6 is 0 Å². The third-order valence-electron chi connectivity index (χ3n) is 5.63. The van der Waals surface area contributed by atoms with Crippen molar-refractivity contribution < 1.29 is 17.7 Å². The largest absolute Gasteiger partial charge is 0.494 e. The number of aromatic nitrogens is 2. The molecule has 0 amide bonds. The topological polar surface area (TPSA) is 70.4 Å². The first-order chi connectivity index (χ1) is 13.0. The van der Waals surface area contributed by atoms with Crippen LogP contribution in [0.25, 0.3) is 10.9 Å². The van der Waals surface area contributed by atoms with Gasteiger partial charge in [-0.25, -0.2) is 0 Å². The maximum Gasteiger partial charge on any atom is 0.494 e. The second-order valence-corrected chi connectivity index (χ2v) is 9.98. The summed E-state index contributed by atoms with van der Waals surface area (Å²) in [6.07, 6.45) is 1.55. The van der Waals surface area contributed by atoms with Crippen molar-refractivity contribution in [2.45, 2.75) is 50.7 Å². The van der Waals surface area contributed by atoms with Crippen LogP contribution in [0, 0.1) is 6.92 Å². The van der Waals surface area contributed by atoms with Gasteiger partial charge in [0.1, 0.15) is 0 Å². The highest BCUT2D eigenvalue weighted by atomic mass is 32.2. The second-order valence-electron chi connectivity index (χ2n) is 8.21. The van der Waals surface area contributed by atoms with Crippen LogP contribution in [0.15, 0.2) is 53.6 Å². The Bertz CT molecular complexity index is 1130. The molecule has 1 aliphatic rings. The maximum atomic E-state index is 13.0. The van der Waals surface area contributed by atoms with Crippen molar-refractivity contribution in [2.24, 2.45) is 0 Å². The van der Waals surface area contributed by atoms with E-state index in [2.05, 4.69) is 5.10 Å². The average Bonchev–Trinajstić information content (AvgIpc) is 3.13. The summed E-state index contributed by atoms with van der Waals surface area (Å²) in [7, 11) is -4.27. The zero-order valence-electron chi connectivity index (χ0n) is 16.6. The first-order valence-corrected chi connectivity index (χ1v) is 10.6. The normalized spacial score (nSPS) is 18.7. The first-order valence-electron chi connectivity index (χ1n) is 9.17. The summed E-state index contributed by atoms with van der Waals surface area (Å²) in [6, 6.07) is 12.2. The van der Waals surface area contributed by atoms with Gasteiger partial charge in [0.05, 0.1) is 27.8 Å². The zero-order chi connectivity index (χ0) is 20.3. The van der Waals surface area contributed by atoms with Gasteiger partial charge in [0.15, 0.2) is 0 Å². The Labute approximate surface area is 165 Å². The summed E-state index contributed by atoms with van der Waals surface area (Å²) in [5, 5.41) is 4.85. The van der Waals surface area contributed by atoms with E-state index >= 15 is 0 Å². The van der Waals surface area contributed by atoms with Crippen LogP contribution < -0.4 is 5.46 Å². The molecular formula is C20H23BN2O4S. The Morgan fingerprint density at radius 1 is 0.964 bits per heavy atom. The fourth-order valence-electron chi connectivity index (χ4n) is 3.15. The van der Waals surface area contributed by atoms with Gasteiger partial charge in [0.25, 0.3) is 10.0 Å². The lowest BCUT2D eigenvalue weighted by Gasteiger charge is -2.32. The van der Waals surface area contributed by atoms with Gasteiger partial charge in [0.2, 0.25) is 0 Å². The highest BCUT2D eigenvalue weighted by molar-refractivity contribution is 7.90. The molecule has 4 rings (SSSR count). The molecule has 0 atom stereocenters. The van der Waals surface area contributed by atoms with Crippen LogP contribution in [-0.2, 0) is 19.3 Å². The number of benzene rings is 2. The standard InChI is InChI=1S/C20H23BN2O4S/c1-14-6-9-17(10-7-14)28(24,25)23-18-11-8-16(12-15(18)13-22-23)21-26-19(2,3)20(4,5)27-21/h6-13H,1-5H3. The Kier molecular flexibility index (Phi) is 4.23. The van der Waals surface area contributed by atoms with E-state index in [1.165, 1.54) is 0 Å². The average molecular weight is 398 g/mol. The molecule has 28 heavy (non-hydrogen) atoms. The highest BCUT2D eigenvalue weighted by Crippen LogP contribution is 2.36. The number of aryl methyl sites for hydroxylation is 1. The van der Waals surface area contributed by atoms with E-state index in [1.807, 2.05) is 46.8 Å². The molecule has 0 unspecified atom stereocenters.